The number of aromatic nitrogens is 3. The van der Waals surface area contributed by atoms with Gasteiger partial charge in [-0.15, -0.1) is 0 Å². The molecule has 0 saturated heterocycles. The second kappa shape index (κ2) is 12.7. The molecule has 3 aromatic rings. The molecule has 1 amide bonds. The second-order valence-electron chi connectivity index (χ2n) is 8.10. The van der Waals surface area contributed by atoms with Gasteiger partial charge in [-0.1, -0.05) is 18.2 Å². The Morgan fingerprint density at radius 1 is 1.05 bits per heavy atom. The van der Waals surface area contributed by atoms with Gasteiger partial charge in [-0.25, -0.2) is 4.98 Å². The average Bonchev–Trinajstić information content (AvgIpc) is 2.88. The van der Waals surface area contributed by atoms with Crippen molar-refractivity contribution < 1.29 is 19.0 Å². The molecule has 0 bridgehead atoms. The first-order valence-corrected chi connectivity index (χ1v) is 11.6. The molecule has 2 N–H and O–H groups in total. The first kappa shape index (κ1) is 27.5. The van der Waals surface area contributed by atoms with E-state index in [2.05, 4.69) is 37.1 Å². The van der Waals surface area contributed by atoms with Gasteiger partial charge in [0.05, 0.1) is 36.3 Å². The first-order valence-electron chi connectivity index (χ1n) is 11.2. The van der Waals surface area contributed by atoms with Crippen LogP contribution in [-0.2, 0) is 4.79 Å². The van der Waals surface area contributed by atoms with E-state index in [0.29, 0.717) is 33.6 Å². The molecule has 0 aliphatic heterocycles. The Morgan fingerprint density at radius 3 is 2.49 bits per heavy atom. The Balaban J connectivity index is 1.90. The van der Waals surface area contributed by atoms with Crippen LogP contribution in [0.2, 0.25) is 5.02 Å². The number of amides is 1. The summed E-state index contributed by atoms with van der Waals surface area (Å²) in [6.45, 7) is 5.09. The van der Waals surface area contributed by atoms with Crippen LogP contribution in [0.3, 0.4) is 0 Å². The van der Waals surface area contributed by atoms with Crippen LogP contribution in [0.1, 0.15) is 0 Å². The molecule has 0 radical (unpaired) electrons. The van der Waals surface area contributed by atoms with Crippen LogP contribution in [0.25, 0.3) is 0 Å². The Morgan fingerprint density at radius 2 is 1.81 bits per heavy atom. The number of carbonyl (C=O) groups excluding carboxylic acids is 1. The van der Waals surface area contributed by atoms with Crippen LogP contribution >= 0.6 is 11.6 Å². The fraction of sp³-hybridized carbons (Fsp3) is 0.280. The van der Waals surface area contributed by atoms with Crippen molar-refractivity contribution in [1.82, 2.24) is 19.9 Å². The first-order chi connectivity index (χ1) is 17.7. The number of halogens is 1. The molecule has 0 unspecified atom stereocenters. The molecule has 1 heterocycles. The third kappa shape index (κ3) is 7.45. The zero-order chi connectivity index (χ0) is 26.9. The lowest BCUT2D eigenvalue weighted by molar-refractivity contribution is -0.111. The normalized spacial score (nSPS) is 10.6. The summed E-state index contributed by atoms with van der Waals surface area (Å²) >= 11 is 6.08. The highest BCUT2D eigenvalue weighted by molar-refractivity contribution is 6.32. The highest BCUT2D eigenvalue weighted by Crippen LogP contribution is 2.38. The second-order valence-corrected chi connectivity index (χ2v) is 8.51. The van der Waals surface area contributed by atoms with Crippen molar-refractivity contribution in [3.8, 4) is 23.3 Å². The molecule has 196 valence electrons. The van der Waals surface area contributed by atoms with Crippen LogP contribution in [0, 0.1) is 0 Å². The van der Waals surface area contributed by atoms with Crippen molar-refractivity contribution in [2.24, 2.45) is 0 Å². The van der Waals surface area contributed by atoms with E-state index >= 15 is 0 Å². The van der Waals surface area contributed by atoms with E-state index in [0.717, 1.165) is 18.8 Å². The van der Waals surface area contributed by atoms with Crippen molar-refractivity contribution >= 4 is 40.5 Å². The quantitative estimate of drug-likeness (QED) is 0.332. The third-order valence-electron chi connectivity index (χ3n) is 5.18. The van der Waals surface area contributed by atoms with Gasteiger partial charge in [-0.2, -0.15) is 9.97 Å². The minimum absolute atomic E-state index is 0.0565. The SMILES string of the molecule is C=CC(=O)Nc1cc(Nc2ncnc(Oc3ccc(Cl)c(OC)c3)n2)c(OC)cc1N(C)CCN(C)C. The number of likely N-dealkylation sites (N-methyl/N-ethyl adjacent to an activating group) is 2. The van der Waals surface area contributed by atoms with E-state index in [9.17, 15) is 4.79 Å². The standard InChI is InChI=1S/C25H30ClN7O4/c1-7-23(34)29-18-13-19(22(36-6)14-20(18)33(4)11-10-32(2)3)30-24-27-15-28-25(31-24)37-16-8-9-17(26)21(12-16)35-5/h7-9,12-15H,1,10-11H2,2-6H3,(H,29,34)(H,27,28,30,31). The number of anilines is 4. The topological polar surface area (TPSA) is 114 Å². The number of nitrogens with zero attached hydrogens (tertiary/aromatic N) is 5. The van der Waals surface area contributed by atoms with E-state index in [-0.39, 0.29) is 17.9 Å². The predicted molar refractivity (Wildman–Crippen MR) is 145 cm³/mol. The lowest BCUT2D eigenvalue weighted by atomic mass is 10.2. The van der Waals surface area contributed by atoms with Crippen LogP contribution < -0.4 is 29.7 Å². The molecule has 0 fully saturated rings. The predicted octanol–water partition coefficient (Wildman–Crippen LogP) is 4.20. The zero-order valence-electron chi connectivity index (χ0n) is 21.4. The third-order valence-corrected chi connectivity index (χ3v) is 5.50. The monoisotopic (exact) mass is 527 g/mol. The van der Waals surface area contributed by atoms with Gasteiger partial charge < -0.3 is 34.6 Å². The van der Waals surface area contributed by atoms with Gasteiger partial charge in [0.2, 0.25) is 11.9 Å². The number of hydrogen-bond acceptors (Lipinski definition) is 10. The summed E-state index contributed by atoms with van der Waals surface area (Å²) in [4.78, 5) is 28.8. The molecule has 1 aromatic heterocycles. The molecule has 2 aromatic carbocycles. The molecule has 0 atom stereocenters. The Bertz CT molecular complexity index is 1260. The molecule has 0 spiro atoms. The number of benzene rings is 2. The Labute approximate surface area is 221 Å². The molecule has 37 heavy (non-hydrogen) atoms. The molecule has 3 rings (SSSR count). The molecule has 0 saturated carbocycles. The lowest BCUT2D eigenvalue weighted by Gasteiger charge is -2.25. The fourth-order valence-electron chi connectivity index (χ4n) is 3.23. The lowest BCUT2D eigenvalue weighted by Crippen LogP contribution is -2.29. The molecule has 11 nitrogen and oxygen atoms in total. The van der Waals surface area contributed by atoms with Crippen LogP contribution in [0.15, 0.2) is 49.3 Å². The number of methoxy groups -OCH3 is 2. The maximum atomic E-state index is 12.2. The smallest absolute Gasteiger partial charge is 0.326 e. The molecular weight excluding hydrogens is 498 g/mol. The molecular formula is C25H30ClN7O4. The van der Waals surface area contributed by atoms with Gasteiger partial charge in [0.1, 0.15) is 23.6 Å². The largest absolute Gasteiger partial charge is 0.495 e. The van der Waals surface area contributed by atoms with Gasteiger partial charge in [0.15, 0.2) is 0 Å². The van der Waals surface area contributed by atoms with Crippen molar-refractivity contribution in [3.63, 3.8) is 0 Å². The molecule has 0 aliphatic carbocycles. The van der Waals surface area contributed by atoms with E-state index in [1.165, 1.54) is 19.5 Å². The maximum absolute atomic E-state index is 12.2. The van der Waals surface area contributed by atoms with Gasteiger partial charge in [0.25, 0.3) is 0 Å². The van der Waals surface area contributed by atoms with Gasteiger partial charge in [0, 0.05) is 32.3 Å². The fourth-order valence-corrected chi connectivity index (χ4v) is 3.42. The van der Waals surface area contributed by atoms with Crippen molar-refractivity contribution in [3.05, 3.63) is 54.3 Å². The zero-order valence-corrected chi connectivity index (χ0v) is 22.2. The van der Waals surface area contributed by atoms with E-state index in [4.69, 9.17) is 25.8 Å². The highest BCUT2D eigenvalue weighted by Gasteiger charge is 2.17. The van der Waals surface area contributed by atoms with Crippen LogP contribution in [0.5, 0.6) is 23.3 Å². The van der Waals surface area contributed by atoms with Crippen LogP contribution in [-0.4, -0.2) is 74.2 Å². The Kier molecular flexibility index (Phi) is 9.47. The summed E-state index contributed by atoms with van der Waals surface area (Å²) in [7, 11) is 9.01. The van der Waals surface area contributed by atoms with Crippen molar-refractivity contribution in [1.29, 1.82) is 0 Å². The summed E-state index contributed by atoms with van der Waals surface area (Å²) in [5.41, 5.74) is 1.86. The summed E-state index contributed by atoms with van der Waals surface area (Å²) in [6.07, 6.45) is 2.52. The minimum atomic E-state index is -0.340. The number of hydrogen-bond donors (Lipinski definition) is 2. The maximum Gasteiger partial charge on any atom is 0.326 e. The van der Waals surface area contributed by atoms with Crippen LogP contribution in [0.4, 0.5) is 23.0 Å². The minimum Gasteiger partial charge on any atom is -0.495 e. The van der Waals surface area contributed by atoms with Gasteiger partial charge in [-0.05, 0) is 38.4 Å². The molecule has 0 aliphatic rings. The number of rotatable bonds is 12. The van der Waals surface area contributed by atoms with E-state index < -0.39 is 0 Å². The summed E-state index contributed by atoms with van der Waals surface area (Å²) < 4.78 is 16.6. The number of ether oxygens (including phenoxy) is 3. The number of carbonyl (C=O) groups is 1. The summed E-state index contributed by atoms with van der Waals surface area (Å²) in [5, 5.41) is 6.42. The van der Waals surface area contributed by atoms with E-state index in [1.54, 1.807) is 31.4 Å². The number of nitrogens with one attached hydrogen (secondary N) is 2. The van der Waals surface area contributed by atoms with Crippen molar-refractivity contribution in [2.45, 2.75) is 0 Å². The summed E-state index contributed by atoms with van der Waals surface area (Å²) in [5.74, 6) is 1.29. The average molecular weight is 528 g/mol. The van der Waals surface area contributed by atoms with Gasteiger partial charge >= 0.3 is 6.01 Å². The summed E-state index contributed by atoms with van der Waals surface area (Å²) in [6, 6.07) is 8.58. The van der Waals surface area contributed by atoms with Gasteiger partial charge in [-0.3, -0.25) is 4.79 Å². The van der Waals surface area contributed by atoms with Crippen molar-refractivity contribution in [2.75, 3.05) is 64.0 Å². The molecule has 12 heteroatoms. The Hall–Kier alpha value is -4.09. The van der Waals surface area contributed by atoms with E-state index in [1.807, 2.05) is 32.1 Å². The highest BCUT2D eigenvalue weighted by atomic mass is 35.5.